The number of amides is 2. The van der Waals surface area contributed by atoms with Crippen LogP contribution in [0.4, 0.5) is 4.39 Å². The summed E-state index contributed by atoms with van der Waals surface area (Å²) in [4.78, 5) is 27.3. The molecule has 1 N–H and O–H groups in total. The molecule has 5 heteroatoms. The van der Waals surface area contributed by atoms with E-state index in [0.717, 1.165) is 11.1 Å². The molecule has 150 valence electrons. The smallest absolute Gasteiger partial charge is 0.242 e. The zero-order chi connectivity index (χ0) is 20.9. The van der Waals surface area contributed by atoms with Crippen molar-refractivity contribution in [1.29, 1.82) is 0 Å². The van der Waals surface area contributed by atoms with E-state index in [-0.39, 0.29) is 18.2 Å². The minimum absolute atomic E-state index is 0.0916. The highest BCUT2D eigenvalue weighted by Gasteiger charge is 2.29. The molecule has 2 aromatic carbocycles. The topological polar surface area (TPSA) is 49.4 Å². The molecule has 28 heavy (non-hydrogen) atoms. The van der Waals surface area contributed by atoms with Crippen molar-refractivity contribution in [3.05, 3.63) is 71.0 Å². The molecule has 0 aliphatic carbocycles. The first-order valence-corrected chi connectivity index (χ1v) is 9.48. The molecule has 2 rings (SSSR count). The van der Waals surface area contributed by atoms with Gasteiger partial charge in [0.25, 0.3) is 0 Å². The van der Waals surface area contributed by atoms with Crippen LogP contribution in [0.2, 0.25) is 0 Å². The highest BCUT2D eigenvalue weighted by Crippen LogP contribution is 2.17. The lowest BCUT2D eigenvalue weighted by atomic mass is 10.0. The Morgan fingerprint density at radius 2 is 1.61 bits per heavy atom. The largest absolute Gasteiger partial charge is 0.350 e. The van der Waals surface area contributed by atoms with E-state index in [1.165, 1.54) is 11.0 Å². The Balaban J connectivity index is 2.29. The number of benzene rings is 2. The van der Waals surface area contributed by atoms with Crippen LogP contribution in [-0.4, -0.2) is 28.3 Å². The maximum Gasteiger partial charge on any atom is 0.242 e. The summed E-state index contributed by atoms with van der Waals surface area (Å²) in [6, 6.07) is 13.3. The average Bonchev–Trinajstić information content (AvgIpc) is 2.61. The second kappa shape index (κ2) is 9.00. The standard InChI is InChI=1S/C23H29FN2O2/c1-16-10-6-7-12-19(16)15-26(17(2)22(28)25-23(3,4)5)21(27)14-18-11-8-9-13-20(18)24/h6-13,17H,14-15H2,1-5H3,(H,25,28). The van der Waals surface area contributed by atoms with Crippen LogP contribution in [0, 0.1) is 12.7 Å². The number of aryl methyl sites for hydroxylation is 1. The van der Waals surface area contributed by atoms with Gasteiger partial charge in [-0.25, -0.2) is 4.39 Å². The highest BCUT2D eigenvalue weighted by atomic mass is 19.1. The van der Waals surface area contributed by atoms with Crippen LogP contribution in [0.25, 0.3) is 0 Å². The molecule has 0 saturated carbocycles. The Morgan fingerprint density at radius 1 is 1.04 bits per heavy atom. The zero-order valence-electron chi connectivity index (χ0n) is 17.3. The Morgan fingerprint density at radius 3 is 2.18 bits per heavy atom. The molecule has 0 spiro atoms. The van der Waals surface area contributed by atoms with Gasteiger partial charge in [0.05, 0.1) is 6.42 Å². The first-order valence-electron chi connectivity index (χ1n) is 9.48. The molecule has 4 nitrogen and oxygen atoms in total. The molecule has 0 aliphatic rings. The molecule has 0 radical (unpaired) electrons. The second-order valence-electron chi connectivity index (χ2n) is 8.13. The SMILES string of the molecule is Cc1ccccc1CN(C(=O)Cc1ccccc1F)C(C)C(=O)NC(C)(C)C. The lowest BCUT2D eigenvalue weighted by molar-refractivity contribution is -0.140. The molecule has 0 aromatic heterocycles. The fourth-order valence-corrected chi connectivity index (χ4v) is 2.93. The van der Waals surface area contributed by atoms with Crippen molar-refractivity contribution in [1.82, 2.24) is 10.2 Å². The van der Waals surface area contributed by atoms with Crippen molar-refractivity contribution in [2.75, 3.05) is 0 Å². The third-order valence-electron chi connectivity index (χ3n) is 4.57. The number of carbonyl (C=O) groups is 2. The van der Waals surface area contributed by atoms with Crippen molar-refractivity contribution < 1.29 is 14.0 Å². The summed E-state index contributed by atoms with van der Waals surface area (Å²) in [7, 11) is 0. The summed E-state index contributed by atoms with van der Waals surface area (Å²) < 4.78 is 14.0. The molecule has 1 unspecified atom stereocenters. The van der Waals surface area contributed by atoms with E-state index >= 15 is 0 Å². The lowest BCUT2D eigenvalue weighted by Crippen LogP contribution is -2.52. The van der Waals surface area contributed by atoms with Crippen molar-refractivity contribution >= 4 is 11.8 Å². The predicted octanol–water partition coefficient (Wildman–Crippen LogP) is 4.01. The molecule has 1 atom stereocenters. The fraction of sp³-hybridized carbons (Fsp3) is 0.391. The van der Waals surface area contributed by atoms with Crippen LogP contribution in [0.3, 0.4) is 0 Å². The van der Waals surface area contributed by atoms with Crippen molar-refractivity contribution in [2.24, 2.45) is 0 Å². The lowest BCUT2D eigenvalue weighted by Gasteiger charge is -2.32. The first kappa shape index (κ1) is 21.6. The van der Waals surface area contributed by atoms with E-state index in [1.807, 2.05) is 52.0 Å². The van der Waals surface area contributed by atoms with Crippen LogP contribution >= 0.6 is 0 Å². The maximum absolute atomic E-state index is 14.0. The van der Waals surface area contributed by atoms with Gasteiger partial charge < -0.3 is 10.2 Å². The number of hydrogen-bond donors (Lipinski definition) is 1. The van der Waals surface area contributed by atoms with Gasteiger partial charge in [-0.2, -0.15) is 0 Å². The summed E-state index contributed by atoms with van der Waals surface area (Å²) in [6.45, 7) is 9.64. The number of carbonyl (C=O) groups excluding carboxylic acids is 2. The monoisotopic (exact) mass is 384 g/mol. The number of nitrogens with one attached hydrogen (secondary N) is 1. The summed E-state index contributed by atoms with van der Waals surface area (Å²) >= 11 is 0. The van der Waals surface area contributed by atoms with E-state index in [1.54, 1.807) is 25.1 Å². The number of hydrogen-bond acceptors (Lipinski definition) is 2. The molecule has 0 bridgehead atoms. The highest BCUT2D eigenvalue weighted by molar-refractivity contribution is 5.88. The number of halogens is 1. The van der Waals surface area contributed by atoms with Gasteiger partial charge in [-0.3, -0.25) is 9.59 Å². The van der Waals surface area contributed by atoms with Crippen LogP contribution in [0.15, 0.2) is 48.5 Å². The first-order chi connectivity index (χ1) is 13.1. The molecule has 2 aromatic rings. The molecular weight excluding hydrogens is 355 g/mol. The fourth-order valence-electron chi connectivity index (χ4n) is 2.93. The molecular formula is C23H29FN2O2. The molecule has 0 saturated heterocycles. The van der Waals surface area contributed by atoms with Crippen LogP contribution in [0.5, 0.6) is 0 Å². The Kier molecular flexibility index (Phi) is 6.95. The Hall–Kier alpha value is -2.69. The molecule has 2 amide bonds. The van der Waals surface area contributed by atoms with Crippen molar-refractivity contribution in [3.63, 3.8) is 0 Å². The van der Waals surface area contributed by atoms with E-state index in [9.17, 15) is 14.0 Å². The van der Waals surface area contributed by atoms with E-state index < -0.39 is 17.4 Å². The van der Waals surface area contributed by atoms with E-state index in [4.69, 9.17) is 0 Å². The molecule has 0 heterocycles. The quantitative estimate of drug-likeness (QED) is 0.818. The van der Waals surface area contributed by atoms with Gasteiger partial charge in [-0.1, -0.05) is 42.5 Å². The second-order valence-corrected chi connectivity index (χ2v) is 8.13. The van der Waals surface area contributed by atoms with Crippen molar-refractivity contribution in [3.8, 4) is 0 Å². The number of nitrogens with zero attached hydrogens (tertiary/aromatic N) is 1. The van der Waals surface area contributed by atoms with Gasteiger partial charge in [0, 0.05) is 12.1 Å². The zero-order valence-corrected chi connectivity index (χ0v) is 17.3. The predicted molar refractivity (Wildman–Crippen MR) is 109 cm³/mol. The van der Waals surface area contributed by atoms with Gasteiger partial charge in [0.1, 0.15) is 11.9 Å². The maximum atomic E-state index is 14.0. The van der Waals surface area contributed by atoms with Crippen LogP contribution in [-0.2, 0) is 22.6 Å². The average molecular weight is 384 g/mol. The third-order valence-corrected chi connectivity index (χ3v) is 4.57. The molecule has 0 fully saturated rings. The minimum atomic E-state index is -0.682. The van der Waals surface area contributed by atoms with Crippen molar-refractivity contribution in [2.45, 2.75) is 59.2 Å². The van der Waals surface area contributed by atoms with Crippen LogP contribution in [0.1, 0.15) is 44.4 Å². The van der Waals surface area contributed by atoms with Gasteiger partial charge in [0.2, 0.25) is 11.8 Å². The summed E-state index contributed by atoms with van der Waals surface area (Å²) in [6.07, 6.45) is -0.0916. The third kappa shape index (κ3) is 5.91. The Bertz CT molecular complexity index is 842. The minimum Gasteiger partial charge on any atom is -0.350 e. The summed E-state index contributed by atoms with van der Waals surface area (Å²) in [5, 5.41) is 2.92. The van der Waals surface area contributed by atoms with Gasteiger partial charge in [0.15, 0.2) is 0 Å². The summed E-state index contributed by atoms with van der Waals surface area (Å²) in [5.74, 6) is -0.939. The van der Waals surface area contributed by atoms with Gasteiger partial charge >= 0.3 is 0 Å². The normalized spacial score (nSPS) is 12.4. The van der Waals surface area contributed by atoms with Gasteiger partial charge in [-0.15, -0.1) is 0 Å². The Labute approximate surface area is 166 Å². The number of rotatable bonds is 6. The van der Waals surface area contributed by atoms with E-state index in [0.29, 0.717) is 12.1 Å². The van der Waals surface area contributed by atoms with Crippen LogP contribution < -0.4 is 5.32 Å². The van der Waals surface area contributed by atoms with Gasteiger partial charge in [-0.05, 0) is 57.4 Å². The van der Waals surface area contributed by atoms with E-state index in [2.05, 4.69) is 5.32 Å². The summed E-state index contributed by atoms with van der Waals surface area (Å²) in [5.41, 5.74) is 1.91. The molecule has 0 aliphatic heterocycles.